The van der Waals surface area contributed by atoms with Gasteiger partial charge < -0.3 is 9.52 Å². The van der Waals surface area contributed by atoms with Crippen LogP contribution in [0.4, 0.5) is 4.79 Å². The average Bonchev–Trinajstić information content (AvgIpc) is 3.15. The molecule has 25 heavy (non-hydrogen) atoms. The van der Waals surface area contributed by atoms with Crippen molar-refractivity contribution in [2.75, 3.05) is 6.54 Å². The van der Waals surface area contributed by atoms with E-state index in [1.807, 2.05) is 0 Å². The third kappa shape index (κ3) is 3.32. The number of carbonyl (C=O) groups is 3. The van der Waals surface area contributed by atoms with Gasteiger partial charge in [-0.1, -0.05) is 12.1 Å². The molecule has 2 heterocycles. The Balaban J connectivity index is 1.88. The number of carbonyl (C=O) groups excluding carboxylic acids is 2. The van der Waals surface area contributed by atoms with Crippen molar-refractivity contribution in [2.24, 2.45) is 0 Å². The van der Waals surface area contributed by atoms with Gasteiger partial charge in [0.15, 0.2) is 0 Å². The lowest BCUT2D eigenvalue weighted by atomic mass is 10.1. The Kier molecular flexibility index (Phi) is 4.41. The molecule has 1 saturated heterocycles. The number of carboxylic acids is 1. The maximum atomic E-state index is 12.1. The third-order valence-electron chi connectivity index (χ3n) is 3.38. The van der Waals surface area contributed by atoms with Crippen molar-refractivity contribution >= 4 is 35.0 Å². The van der Waals surface area contributed by atoms with Gasteiger partial charge in [0, 0.05) is 11.6 Å². The zero-order valence-corrected chi connectivity index (χ0v) is 13.4. The van der Waals surface area contributed by atoms with Crippen LogP contribution in [0.15, 0.2) is 45.7 Å². The van der Waals surface area contributed by atoms with Crippen molar-refractivity contribution in [3.63, 3.8) is 0 Å². The standard InChI is InChI=1S/C17H10N2O5S/c18-8-10-3-1-2-4-12(10)13-6-5-11(24-13)7-14-16(22)19(9-15(20)21)17(23)25-14/h1-7H,9H2,(H,20,21)/b14-7+. The predicted molar refractivity (Wildman–Crippen MR) is 89.2 cm³/mol. The molecule has 0 aliphatic carbocycles. The van der Waals surface area contributed by atoms with Crippen LogP contribution < -0.4 is 0 Å². The highest BCUT2D eigenvalue weighted by Gasteiger charge is 2.36. The number of aliphatic carboxylic acids is 1. The largest absolute Gasteiger partial charge is 0.480 e. The van der Waals surface area contributed by atoms with Crippen LogP contribution in [0, 0.1) is 11.3 Å². The van der Waals surface area contributed by atoms with Gasteiger partial charge in [0.1, 0.15) is 18.1 Å². The molecule has 3 rings (SSSR count). The van der Waals surface area contributed by atoms with E-state index in [-0.39, 0.29) is 4.91 Å². The van der Waals surface area contributed by atoms with E-state index < -0.39 is 23.7 Å². The number of hydrogen-bond acceptors (Lipinski definition) is 6. The second-order valence-corrected chi connectivity index (χ2v) is 6.01. The summed E-state index contributed by atoms with van der Waals surface area (Å²) in [6, 6.07) is 12.2. The van der Waals surface area contributed by atoms with Crippen LogP contribution in [0.5, 0.6) is 0 Å². The number of carboxylic acid groups (broad SMARTS) is 1. The van der Waals surface area contributed by atoms with Crippen LogP contribution >= 0.6 is 11.8 Å². The molecule has 0 saturated carbocycles. The molecular formula is C17H10N2O5S. The zero-order chi connectivity index (χ0) is 18.0. The number of nitrogens with zero attached hydrogens (tertiary/aromatic N) is 2. The summed E-state index contributed by atoms with van der Waals surface area (Å²) >= 11 is 0.654. The van der Waals surface area contributed by atoms with E-state index in [4.69, 9.17) is 14.8 Å². The van der Waals surface area contributed by atoms with Crippen molar-refractivity contribution in [3.05, 3.63) is 52.6 Å². The van der Waals surface area contributed by atoms with E-state index in [1.165, 1.54) is 6.08 Å². The Morgan fingerprint density at radius 3 is 2.76 bits per heavy atom. The first kappa shape index (κ1) is 16.5. The molecule has 8 heteroatoms. The Labute approximate surface area is 146 Å². The smallest absolute Gasteiger partial charge is 0.323 e. The SMILES string of the molecule is N#Cc1ccccc1-c1ccc(/C=C2/SC(=O)N(CC(=O)O)C2=O)o1. The number of furan rings is 1. The molecule has 0 spiro atoms. The number of hydrogen-bond donors (Lipinski definition) is 1. The quantitative estimate of drug-likeness (QED) is 0.840. The fourth-order valence-electron chi connectivity index (χ4n) is 2.27. The van der Waals surface area contributed by atoms with E-state index in [2.05, 4.69) is 6.07 Å². The first-order valence-electron chi connectivity index (χ1n) is 7.06. The molecule has 2 aromatic rings. The minimum absolute atomic E-state index is 0.0840. The number of imide groups is 1. The number of thioether (sulfide) groups is 1. The maximum Gasteiger partial charge on any atom is 0.323 e. The van der Waals surface area contributed by atoms with Crippen LogP contribution in [0.3, 0.4) is 0 Å². The molecule has 2 amide bonds. The van der Waals surface area contributed by atoms with Crippen LogP contribution in [0.25, 0.3) is 17.4 Å². The first-order chi connectivity index (χ1) is 12.0. The second kappa shape index (κ2) is 6.67. The van der Waals surface area contributed by atoms with Crippen molar-refractivity contribution in [3.8, 4) is 17.4 Å². The lowest BCUT2D eigenvalue weighted by Gasteiger charge is -2.07. The molecule has 0 unspecified atom stereocenters. The summed E-state index contributed by atoms with van der Waals surface area (Å²) in [5.41, 5.74) is 1.06. The first-order valence-corrected chi connectivity index (χ1v) is 7.87. The van der Waals surface area contributed by atoms with E-state index in [1.54, 1.807) is 36.4 Å². The van der Waals surface area contributed by atoms with Crippen LogP contribution in [-0.2, 0) is 9.59 Å². The van der Waals surface area contributed by atoms with Gasteiger partial charge >= 0.3 is 5.97 Å². The highest BCUT2D eigenvalue weighted by molar-refractivity contribution is 8.18. The van der Waals surface area contributed by atoms with Crippen molar-refractivity contribution in [2.45, 2.75) is 0 Å². The average molecular weight is 354 g/mol. The lowest BCUT2D eigenvalue weighted by Crippen LogP contribution is -2.33. The summed E-state index contributed by atoms with van der Waals surface area (Å²) in [7, 11) is 0. The van der Waals surface area contributed by atoms with E-state index >= 15 is 0 Å². The molecule has 1 aromatic heterocycles. The molecule has 7 nitrogen and oxygen atoms in total. The molecule has 1 aliphatic rings. The predicted octanol–water partition coefficient (Wildman–Crippen LogP) is 2.94. The maximum absolute atomic E-state index is 12.1. The van der Waals surface area contributed by atoms with Gasteiger partial charge in [-0.3, -0.25) is 19.3 Å². The Hall–Kier alpha value is -3.31. The molecule has 1 fully saturated rings. The van der Waals surface area contributed by atoms with Crippen molar-refractivity contribution in [1.82, 2.24) is 4.90 Å². The van der Waals surface area contributed by atoms with Gasteiger partial charge in [0.05, 0.1) is 16.5 Å². The van der Waals surface area contributed by atoms with Gasteiger partial charge in [0.25, 0.3) is 11.1 Å². The van der Waals surface area contributed by atoms with E-state index in [0.29, 0.717) is 39.3 Å². The normalized spacial score (nSPS) is 15.6. The molecule has 1 N–H and O–H groups in total. The van der Waals surface area contributed by atoms with Gasteiger partial charge in [-0.05, 0) is 36.0 Å². The number of nitriles is 1. The lowest BCUT2D eigenvalue weighted by molar-refractivity contribution is -0.140. The summed E-state index contributed by atoms with van der Waals surface area (Å²) in [4.78, 5) is 35.3. The fraction of sp³-hybridized carbons (Fsp3) is 0.0588. The molecule has 124 valence electrons. The van der Waals surface area contributed by atoms with Crippen molar-refractivity contribution in [1.29, 1.82) is 5.26 Å². The molecule has 1 aliphatic heterocycles. The Morgan fingerprint density at radius 2 is 2.04 bits per heavy atom. The van der Waals surface area contributed by atoms with Gasteiger partial charge in [-0.15, -0.1) is 0 Å². The Bertz CT molecular complexity index is 954. The summed E-state index contributed by atoms with van der Waals surface area (Å²) < 4.78 is 5.63. The van der Waals surface area contributed by atoms with Crippen molar-refractivity contribution < 1.29 is 23.9 Å². The minimum Gasteiger partial charge on any atom is -0.480 e. The van der Waals surface area contributed by atoms with Crippen LogP contribution in [0.2, 0.25) is 0 Å². The van der Waals surface area contributed by atoms with E-state index in [0.717, 1.165) is 0 Å². The minimum atomic E-state index is -1.27. The number of benzene rings is 1. The monoisotopic (exact) mass is 354 g/mol. The summed E-state index contributed by atoms with van der Waals surface area (Å²) in [6.45, 7) is -0.680. The summed E-state index contributed by atoms with van der Waals surface area (Å²) in [5, 5.41) is 17.2. The zero-order valence-electron chi connectivity index (χ0n) is 12.6. The number of amides is 2. The fourth-order valence-corrected chi connectivity index (χ4v) is 3.09. The summed E-state index contributed by atoms with van der Waals surface area (Å²) in [6.07, 6.45) is 1.38. The van der Waals surface area contributed by atoms with Crippen LogP contribution in [-0.4, -0.2) is 33.7 Å². The summed E-state index contributed by atoms with van der Waals surface area (Å²) in [5.74, 6) is -1.17. The molecular weight excluding hydrogens is 344 g/mol. The molecule has 0 radical (unpaired) electrons. The van der Waals surface area contributed by atoms with Gasteiger partial charge in [-0.2, -0.15) is 5.26 Å². The third-order valence-corrected chi connectivity index (χ3v) is 4.29. The Morgan fingerprint density at radius 1 is 1.28 bits per heavy atom. The molecule has 0 bridgehead atoms. The molecule has 0 atom stereocenters. The highest BCUT2D eigenvalue weighted by atomic mass is 32.2. The van der Waals surface area contributed by atoms with Gasteiger partial charge in [0.2, 0.25) is 0 Å². The van der Waals surface area contributed by atoms with Gasteiger partial charge in [-0.25, -0.2) is 0 Å². The van der Waals surface area contributed by atoms with Crippen LogP contribution in [0.1, 0.15) is 11.3 Å². The highest BCUT2D eigenvalue weighted by Crippen LogP contribution is 2.33. The topological polar surface area (TPSA) is 112 Å². The van der Waals surface area contributed by atoms with E-state index in [9.17, 15) is 14.4 Å². The second-order valence-electron chi connectivity index (χ2n) is 5.02. The number of rotatable bonds is 4. The molecule has 1 aromatic carbocycles.